The van der Waals surface area contributed by atoms with Crippen molar-refractivity contribution >= 4 is 29.5 Å². The number of pyridine rings is 1. The highest BCUT2D eigenvalue weighted by Gasteiger charge is 2.10. The third-order valence-electron chi connectivity index (χ3n) is 2.30. The van der Waals surface area contributed by atoms with Gasteiger partial charge >= 0.3 is 0 Å². The molecule has 0 aliphatic heterocycles. The average Bonchev–Trinajstić information content (AvgIpc) is 2.39. The Morgan fingerprint density at radius 3 is 2.89 bits per heavy atom. The smallest absolute Gasteiger partial charge is 0.257 e. The first-order valence-electron chi connectivity index (χ1n) is 5.17. The summed E-state index contributed by atoms with van der Waals surface area (Å²) in [5.41, 5.74) is 1.37. The first kappa shape index (κ1) is 12.3. The van der Waals surface area contributed by atoms with Crippen molar-refractivity contribution in [3.63, 3.8) is 0 Å². The minimum Gasteiger partial charge on any atom is -0.322 e. The zero-order valence-electron chi connectivity index (χ0n) is 9.26. The lowest BCUT2D eigenvalue weighted by Gasteiger charge is -2.06. The molecule has 1 aromatic heterocycles. The highest BCUT2D eigenvalue weighted by molar-refractivity contribution is 6.34. The minimum absolute atomic E-state index is 0.279. The number of hydrogen-bond acceptors (Lipinski definition) is 3. The fourth-order valence-corrected chi connectivity index (χ4v) is 1.65. The fraction of sp³-hybridized carbons (Fsp3) is 0. The van der Waals surface area contributed by atoms with Crippen molar-refractivity contribution < 1.29 is 9.59 Å². The van der Waals surface area contributed by atoms with E-state index < -0.39 is 0 Å². The minimum atomic E-state index is -0.342. The number of nitrogens with zero attached hydrogens (tertiary/aromatic N) is 1. The highest BCUT2D eigenvalue weighted by Crippen LogP contribution is 2.16. The van der Waals surface area contributed by atoms with E-state index in [2.05, 4.69) is 10.3 Å². The molecule has 0 bridgehead atoms. The van der Waals surface area contributed by atoms with Gasteiger partial charge < -0.3 is 5.32 Å². The van der Waals surface area contributed by atoms with Crippen LogP contribution in [-0.2, 0) is 0 Å². The van der Waals surface area contributed by atoms with Crippen molar-refractivity contribution in [2.45, 2.75) is 0 Å². The molecule has 5 heteroatoms. The molecule has 0 radical (unpaired) electrons. The van der Waals surface area contributed by atoms with Gasteiger partial charge in [-0.15, -0.1) is 0 Å². The second-order valence-corrected chi connectivity index (χ2v) is 3.96. The number of aldehydes is 1. The molecular formula is C13H9ClN2O2. The van der Waals surface area contributed by atoms with Gasteiger partial charge in [0.25, 0.3) is 5.91 Å². The number of nitrogens with one attached hydrogen (secondary N) is 1. The molecule has 2 aromatic rings. The predicted molar refractivity (Wildman–Crippen MR) is 69.0 cm³/mol. The zero-order chi connectivity index (χ0) is 13.0. The zero-order valence-corrected chi connectivity index (χ0v) is 10.0. The maximum Gasteiger partial charge on any atom is 0.257 e. The summed E-state index contributed by atoms with van der Waals surface area (Å²) in [6.45, 7) is 0. The topological polar surface area (TPSA) is 59.1 Å². The van der Waals surface area contributed by atoms with Crippen LogP contribution >= 0.6 is 11.6 Å². The van der Waals surface area contributed by atoms with E-state index in [9.17, 15) is 9.59 Å². The van der Waals surface area contributed by atoms with Gasteiger partial charge in [0.15, 0.2) is 0 Å². The molecule has 18 heavy (non-hydrogen) atoms. The van der Waals surface area contributed by atoms with Crippen LogP contribution in [0.4, 0.5) is 5.69 Å². The number of benzene rings is 1. The summed E-state index contributed by atoms with van der Waals surface area (Å²) < 4.78 is 0. The van der Waals surface area contributed by atoms with Gasteiger partial charge in [-0.2, -0.15) is 0 Å². The van der Waals surface area contributed by atoms with Crippen LogP contribution in [0.1, 0.15) is 20.7 Å². The normalized spacial score (nSPS) is 9.83. The van der Waals surface area contributed by atoms with E-state index in [1.165, 1.54) is 18.5 Å². The van der Waals surface area contributed by atoms with Crippen molar-refractivity contribution in [2.75, 3.05) is 5.32 Å². The molecule has 1 N–H and O–H groups in total. The van der Waals surface area contributed by atoms with Crippen LogP contribution in [0.5, 0.6) is 0 Å². The molecule has 1 aromatic carbocycles. The Hall–Kier alpha value is -2.20. The lowest BCUT2D eigenvalue weighted by molar-refractivity contribution is 0.102. The number of rotatable bonds is 3. The first-order valence-corrected chi connectivity index (χ1v) is 5.54. The van der Waals surface area contributed by atoms with E-state index in [1.54, 1.807) is 24.3 Å². The Balaban J connectivity index is 2.21. The van der Waals surface area contributed by atoms with Crippen LogP contribution in [-0.4, -0.2) is 17.2 Å². The van der Waals surface area contributed by atoms with Crippen LogP contribution in [0.3, 0.4) is 0 Å². The van der Waals surface area contributed by atoms with Crippen LogP contribution in [0, 0.1) is 0 Å². The summed E-state index contributed by atoms with van der Waals surface area (Å²) in [5, 5.41) is 2.94. The van der Waals surface area contributed by atoms with Crippen molar-refractivity contribution in [3.05, 3.63) is 58.9 Å². The Kier molecular flexibility index (Phi) is 3.69. The van der Waals surface area contributed by atoms with Gasteiger partial charge in [-0.05, 0) is 18.2 Å². The molecule has 2 rings (SSSR count). The largest absolute Gasteiger partial charge is 0.322 e. The lowest BCUT2D eigenvalue weighted by atomic mass is 10.2. The molecular weight excluding hydrogens is 252 g/mol. The predicted octanol–water partition coefficient (Wildman–Crippen LogP) is 2.80. The average molecular weight is 261 g/mol. The lowest BCUT2D eigenvalue weighted by Crippen LogP contribution is -2.12. The molecule has 0 aliphatic carbocycles. The number of anilines is 1. The van der Waals surface area contributed by atoms with E-state index in [4.69, 9.17) is 11.6 Å². The summed E-state index contributed by atoms with van der Waals surface area (Å²) in [6.07, 6.45) is 3.61. The summed E-state index contributed by atoms with van der Waals surface area (Å²) in [7, 11) is 0. The van der Waals surface area contributed by atoms with E-state index in [1.807, 2.05) is 0 Å². The molecule has 0 saturated heterocycles. The number of carbonyl (C=O) groups excluding carboxylic acids is 2. The van der Waals surface area contributed by atoms with E-state index in [0.29, 0.717) is 16.8 Å². The van der Waals surface area contributed by atoms with E-state index >= 15 is 0 Å². The molecule has 0 atom stereocenters. The van der Waals surface area contributed by atoms with Gasteiger partial charge in [0.2, 0.25) is 0 Å². The first-order chi connectivity index (χ1) is 8.70. The molecule has 0 saturated carbocycles. The second-order valence-electron chi connectivity index (χ2n) is 3.55. The van der Waals surface area contributed by atoms with Gasteiger partial charge in [0.05, 0.1) is 10.6 Å². The molecule has 0 unspecified atom stereocenters. The SMILES string of the molecule is O=Cc1cccc(NC(=O)c2ccncc2Cl)c1. The van der Waals surface area contributed by atoms with Crippen molar-refractivity contribution in [3.8, 4) is 0 Å². The summed E-state index contributed by atoms with van der Waals surface area (Å²) in [6, 6.07) is 8.15. The van der Waals surface area contributed by atoms with Crippen LogP contribution < -0.4 is 5.32 Å². The van der Waals surface area contributed by atoms with Gasteiger partial charge in [-0.25, -0.2) is 0 Å². The highest BCUT2D eigenvalue weighted by atomic mass is 35.5. The Bertz CT molecular complexity index is 599. The molecule has 0 spiro atoms. The number of carbonyl (C=O) groups is 2. The molecule has 1 heterocycles. The summed E-state index contributed by atoms with van der Waals surface area (Å²) in [5.74, 6) is -0.342. The standard InChI is InChI=1S/C13H9ClN2O2/c14-12-7-15-5-4-11(12)13(18)16-10-3-1-2-9(6-10)8-17/h1-8H,(H,16,18). The summed E-state index contributed by atoms with van der Waals surface area (Å²) in [4.78, 5) is 26.4. The fourth-order valence-electron chi connectivity index (χ4n) is 1.45. The van der Waals surface area contributed by atoms with Crippen molar-refractivity contribution in [2.24, 2.45) is 0 Å². The molecule has 0 fully saturated rings. The number of amides is 1. The number of aromatic nitrogens is 1. The van der Waals surface area contributed by atoms with Crippen molar-refractivity contribution in [1.29, 1.82) is 0 Å². The maximum absolute atomic E-state index is 11.9. The number of hydrogen-bond donors (Lipinski definition) is 1. The monoisotopic (exact) mass is 260 g/mol. The molecule has 0 aliphatic rings. The van der Waals surface area contributed by atoms with Crippen LogP contribution in [0.2, 0.25) is 5.02 Å². The second kappa shape index (κ2) is 5.42. The Labute approximate surface area is 109 Å². The van der Waals surface area contributed by atoms with Crippen LogP contribution in [0.25, 0.3) is 0 Å². The van der Waals surface area contributed by atoms with E-state index in [0.717, 1.165) is 6.29 Å². The van der Waals surface area contributed by atoms with E-state index in [-0.39, 0.29) is 10.9 Å². The van der Waals surface area contributed by atoms with Gasteiger partial charge in [0.1, 0.15) is 6.29 Å². The van der Waals surface area contributed by atoms with Gasteiger partial charge in [-0.3, -0.25) is 14.6 Å². The Morgan fingerprint density at radius 2 is 2.17 bits per heavy atom. The Morgan fingerprint density at radius 1 is 1.33 bits per heavy atom. The van der Waals surface area contributed by atoms with Gasteiger partial charge in [0, 0.05) is 23.6 Å². The van der Waals surface area contributed by atoms with Gasteiger partial charge in [-0.1, -0.05) is 23.7 Å². The molecule has 90 valence electrons. The van der Waals surface area contributed by atoms with Crippen LogP contribution in [0.15, 0.2) is 42.7 Å². The van der Waals surface area contributed by atoms with Crippen molar-refractivity contribution in [1.82, 2.24) is 4.98 Å². The summed E-state index contributed by atoms with van der Waals surface area (Å²) >= 11 is 5.86. The quantitative estimate of drug-likeness (QED) is 0.864. The third-order valence-corrected chi connectivity index (χ3v) is 2.60. The molecule has 1 amide bonds. The molecule has 4 nitrogen and oxygen atoms in total. The third kappa shape index (κ3) is 2.73. The number of halogens is 1. The maximum atomic E-state index is 11.9.